The van der Waals surface area contributed by atoms with Gasteiger partial charge in [0.2, 0.25) is 0 Å². The average Bonchev–Trinajstić information content (AvgIpc) is 3.15. The van der Waals surface area contributed by atoms with Crippen LogP contribution in [0.4, 0.5) is 0 Å². The largest absolute Gasteiger partial charge is 0.452 e. The molecule has 2 N–H and O–H groups in total. The maximum absolute atomic E-state index is 12.0. The van der Waals surface area contributed by atoms with E-state index < -0.39 is 5.97 Å². The molecule has 0 bridgehead atoms. The maximum Gasteiger partial charge on any atom is 0.338 e. The number of hydrogen-bond acceptors (Lipinski definition) is 4. The molecular formula is C18H21N3O3. The predicted octanol–water partition coefficient (Wildman–Crippen LogP) is 2.68. The Morgan fingerprint density at radius 1 is 1.17 bits per heavy atom. The van der Waals surface area contributed by atoms with Gasteiger partial charge in [0.05, 0.1) is 5.56 Å². The van der Waals surface area contributed by atoms with E-state index >= 15 is 0 Å². The van der Waals surface area contributed by atoms with Gasteiger partial charge in [0.25, 0.3) is 5.91 Å². The Labute approximate surface area is 140 Å². The maximum atomic E-state index is 12.0. The SMILES string of the molecule is O=C(COC(=O)c1ccc(-c2ncc[nH]2)cc1)NC1CCCCC1. The highest BCUT2D eigenvalue weighted by atomic mass is 16.5. The van der Waals surface area contributed by atoms with E-state index in [2.05, 4.69) is 15.3 Å². The first-order chi connectivity index (χ1) is 11.7. The summed E-state index contributed by atoms with van der Waals surface area (Å²) in [4.78, 5) is 31.0. The fraction of sp³-hybridized carbons (Fsp3) is 0.389. The molecule has 0 atom stereocenters. The first kappa shape index (κ1) is 16.2. The molecule has 1 saturated carbocycles. The molecule has 1 aliphatic carbocycles. The van der Waals surface area contributed by atoms with Gasteiger partial charge in [-0.25, -0.2) is 9.78 Å². The third kappa shape index (κ3) is 4.22. The lowest BCUT2D eigenvalue weighted by Crippen LogP contribution is -2.38. The van der Waals surface area contributed by atoms with Gasteiger partial charge in [-0.3, -0.25) is 4.79 Å². The molecule has 1 aromatic carbocycles. The van der Waals surface area contributed by atoms with Crippen LogP contribution in [0, 0.1) is 0 Å². The molecule has 1 amide bonds. The zero-order chi connectivity index (χ0) is 16.8. The summed E-state index contributed by atoms with van der Waals surface area (Å²) in [6.45, 7) is -0.241. The van der Waals surface area contributed by atoms with Crippen molar-refractivity contribution in [1.82, 2.24) is 15.3 Å². The van der Waals surface area contributed by atoms with Crippen molar-refractivity contribution < 1.29 is 14.3 Å². The second kappa shape index (κ2) is 7.77. The van der Waals surface area contributed by atoms with Gasteiger partial charge in [0.1, 0.15) is 5.82 Å². The number of esters is 1. The minimum Gasteiger partial charge on any atom is -0.452 e. The van der Waals surface area contributed by atoms with Gasteiger partial charge in [-0.15, -0.1) is 0 Å². The standard InChI is InChI=1S/C18H21N3O3/c22-16(21-15-4-2-1-3-5-15)12-24-18(23)14-8-6-13(7-9-14)17-19-10-11-20-17/h6-11,15H,1-5,12H2,(H,19,20)(H,21,22). The lowest BCUT2D eigenvalue weighted by Gasteiger charge is -2.22. The number of nitrogens with zero attached hydrogens (tertiary/aromatic N) is 1. The van der Waals surface area contributed by atoms with Crippen molar-refractivity contribution in [2.24, 2.45) is 0 Å². The summed E-state index contributed by atoms with van der Waals surface area (Å²) in [6, 6.07) is 7.13. The van der Waals surface area contributed by atoms with Gasteiger partial charge in [-0.05, 0) is 25.0 Å². The van der Waals surface area contributed by atoms with E-state index in [-0.39, 0.29) is 18.6 Å². The molecule has 3 rings (SSSR count). The highest BCUT2D eigenvalue weighted by Crippen LogP contribution is 2.17. The molecule has 1 aromatic heterocycles. The van der Waals surface area contributed by atoms with Crippen LogP contribution in [-0.2, 0) is 9.53 Å². The number of carbonyl (C=O) groups excluding carboxylic acids is 2. The topological polar surface area (TPSA) is 84.1 Å². The Balaban J connectivity index is 1.48. The second-order valence-electron chi connectivity index (χ2n) is 5.99. The third-order valence-electron chi connectivity index (χ3n) is 4.20. The molecule has 1 aliphatic rings. The van der Waals surface area contributed by atoms with Crippen LogP contribution in [0.1, 0.15) is 42.5 Å². The normalized spacial score (nSPS) is 15.0. The van der Waals surface area contributed by atoms with Crippen molar-refractivity contribution in [2.75, 3.05) is 6.61 Å². The van der Waals surface area contributed by atoms with E-state index in [0.717, 1.165) is 37.1 Å². The Morgan fingerprint density at radius 3 is 2.58 bits per heavy atom. The molecular weight excluding hydrogens is 306 g/mol. The molecule has 0 radical (unpaired) electrons. The van der Waals surface area contributed by atoms with Gasteiger partial charge in [-0.1, -0.05) is 31.4 Å². The number of nitrogens with one attached hydrogen (secondary N) is 2. The number of aromatic amines is 1. The summed E-state index contributed by atoms with van der Waals surface area (Å²) in [5, 5.41) is 2.92. The predicted molar refractivity (Wildman–Crippen MR) is 89.3 cm³/mol. The van der Waals surface area contributed by atoms with Crippen LogP contribution in [0.3, 0.4) is 0 Å². The number of H-pyrrole nitrogens is 1. The van der Waals surface area contributed by atoms with Crippen molar-refractivity contribution in [2.45, 2.75) is 38.1 Å². The van der Waals surface area contributed by atoms with Gasteiger partial charge >= 0.3 is 5.97 Å². The molecule has 6 nitrogen and oxygen atoms in total. The van der Waals surface area contributed by atoms with Crippen LogP contribution in [0.25, 0.3) is 11.4 Å². The van der Waals surface area contributed by atoms with Crippen molar-refractivity contribution in [3.63, 3.8) is 0 Å². The summed E-state index contributed by atoms with van der Waals surface area (Å²) in [6.07, 6.45) is 8.95. The molecule has 1 heterocycles. The minimum absolute atomic E-state index is 0.220. The van der Waals surface area contributed by atoms with Crippen molar-refractivity contribution >= 4 is 11.9 Å². The fourth-order valence-electron chi connectivity index (χ4n) is 2.92. The zero-order valence-corrected chi connectivity index (χ0v) is 13.5. The smallest absolute Gasteiger partial charge is 0.338 e. The van der Waals surface area contributed by atoms with Crippen LogP contribution in [-0.4, -0.2) is 34.5 Å². The van der Waals surface area contributed by atoms with Crippen LogP contribution >= 0.6 is 0 Å². The monoisotopic (exact) mass is 327 g/mol. The molecule has 24 heavy (non-hydrogen) atoms. The highest BCUT2D eigenvalue weighted by Gasteiger charge is 2.17. The zero-order valence-electron chi connectivity index (χ0n) is 13.5. The van der Waals surface area contributed by atoms with E-state index in [1.165, 1.54) is 6.42 Å². The summed E-state index contributed by atoms with van der Waals surface area (Å²) in [5.41, 5.74) is 1.29. The van der Waals surface area contributed by atoms with Crippen LogP contribution in [0.15, 0.2) is 36.7 Å². The van der Waals surface area contributed by atoms with Gasteiger partial charge < -0.3 is 15.0 Å². The molecule has 2 aromatic rings. The van der Waals surface area contributed by atoms with Crippen molar-refractivity contribution in [3.05, 3.63) is 42.2 Å². The molecule has 1 fully saturated rings. The molecule has 126 valence electrons. The summed E-state index contributed by atoms with van der Waals surface area (Å²) in [7, 11) is 0. The van der Waals surface area contributed by atoms with Gasteiger partial charge in [0, 0.05) is 24.0 Å². The molecule has 0 unspecified atom stereocenters. The number of hydrogen-bond donors (Lipinski definition) is 2. The van der Waals surface area contributed by atoms with E-state index in [1.54, 1.807) is 36.7 Å². The van der Waals surface area contributed by atoms with Crippen LogP contribution in [0.5, 0.6) is 0 Å². The number of rotatable bonds is 5. The van der Waals surface area contributed by atoms with Gasteiger partial charge in [0.15, 0.2) is 6.61 Å². The highest BCUT2D eigenvalue weighted by molar-refractivity contribution is 5.91. The Kier molecular flexibility index (Phi) is 5.25. The average molecular weight is 327 g/mol. The Morgan fingerprint density at radius 2 is 1.92 bits per heavy atom. The summed E-state index contributed by atoms with van der Waals surface area (Å²) < 4.78 is 5.09. The van der Waals surface area contributed by atoms with Crippen molar-refractivity contribution in [1.29, 1.82) is 0 Å². The lowest BCUT2D eigenvalue weighted by molar-refractivity contribution is -0.125. The Hall–Kier alpha value is -2.63. The van der Waals surface area contributed by atoms with E-state index in [9.17, 15) is 9.59 Å². The lowest BCUT2D eigenvalue weighted by atomic mass is 9.95. The van der Waals surface area contributed by atoms with E-state index in [1.807, 2.05) is 0 Å². The van der Waals surface area contributed by atoms with E-state index in [4.69, 9.17) is 4.74 Å². The van der Waals surface area contributed by atoms with Crippen LogP contribution in [0.2, 0.25) is 0 Å². The molecule has 0 saturated heterocycles. The Bertz CT molecular complexity index is 674. The summed E-state index contributed by atoms with van der Waals surface area (Å²) >= 11 is 0. The third-order valence-corrected chi connectivity index (χ3v) is 4.20. The van der Waals surface area contributed by atoms with Crippen molar-refractivity contribution in [3.8, 4) is 11.4 Å². The summed E-state index contributed by atoms with van der Waals surface area (Å²) in [5.74, 6) is 0.00372. The molecule has 0 aliphatic heterocycles. The minimum atomic E-state index is -0.500. The number of ether oxygens (including phenoxy) is 1. The second-order valence-corrected chi connectivity index (χ2v) is 5.99. The fourth-order valence-corrected chi connectivity index (χ4v) is 2.92. The first-order valence-electron chi connectivity index (χ1n) is 8.28. The number of aromatic nitrogens is 2. The van der Waals surface area contributed by atoms with Gasteiger partial charge in [-0.2, -0.15) is 0 Å². The van der Waals surface area contributed by atoms with Crippen LogP contribution < -0.4 is 5.32 Å². The molecule has 0 spiro atoms. The van der Waals surface area contributed by atoms with E-state index in [0.29, 0.717) is 5.56 Å². The first-order valence-corrected chi connectivity index (χ1v) is 8.28. The number of carbonyl (C=O) groups is 2. The number of benzene rings is 1. The quantitative estimate of drug-likeness (QED) is 0.827. The number of imidazole rings is 1. The number of amides is 1. The molecule has 6 heteroatoms.